The summed E-state index contributed by atoms with van der Waals surface area (Å²) in [6.45, 7) is 2.58. The van der Waals surface area contributed by atoms with Crippen LogP contribution in [0.3, 0.4) is 0 Å². The maximum Gasteiger partial charge on any atom is 0.255 e. The smallest absolute Gasteiger partial charge is 0.255 e. The number of nitrogens with zero attached hydrogens (tertiary/aromatic N) is 1. The van der Waals surface area contributed by atoms with E-state index in [1.54, 1.807) is 13.0 Å². The molecule has 2 N–H and O–H groups in total. The summed E-state index contributed by atoms with van der Waals surface area (Å²) < 4.78 is 59.4. The number of anilines is 1. The first-order valence-corrected chi connectivity index (χ1v) is 13.1. The van der Waals surface area contributed by atoms with E-state index < -0.39 is 26.0 Å². The largest absolute Gasteiger partial charge is 0.495 e. The summed E-state index contributed by atoms with van der Waals surface area (Å²) in [6.07, 6.45) is 2.55. The Balaban J connectivity index is 1.95. The average Bonchev–Trinajstić information content (AvgIpc) is 2.80. The second kappa shape index (κ2) is 9.57. The molecule has 1 amide bonds. The third kappa shape index (κ3) is 4.96. The average molecular weight is 482 g/mol. The van der Waals surface area contributed by atoms with E-state index >= 15 is 0 Å². The van der Waals surface area contributed by atoms with Crippen molar-refractivity contribution < 1.29 is 26.4 Å². The van der Waals surface area contributed by atoms with Crippen molar-refractivity contribution >= 4 is 31.6 Å². The maximum atomic E-state index is 13.2. The van der Waals surface area contributed by atoms with E-state index in [0.717, 1.165) is 19.3 Å². The van der Waals surface area contributed by atoms with Crippen molar-refractivity contribution in [2.45, 2.75) is 36.0 Å². The Morgan fingerprint density at radius 2 is 1.69 bits per heavy atom. The molecule has 0 saturated carbocycles. The van der Waals surface area contributed by atoms with Gasteiger partial charge in [-0.2, -0.15) is 4.31 Å². The number of hydrogen-bond acceptors (Lipinski definition) is 6. The molecule has 11 heteroatoms. The summed E-state index contributed by atoms with van der Waals surface area (Å²) >= 11 is 0. The van der Waals surface area contributed by atoms with Crippen molar-refractivity contribution in [3.63, 3.8) is 0 Å². The highest BCUT2D eigenvalue weighted by Crippen LogP contribution is 2.30. The third-order valence-corrected chi connectivity index (χ3v) is 8.73. The van der Waals surface area contributed by atoms with Crippen molar-refractivity contribution in [3.8, 4) is 5.75 Å². The highest BCUT2D eigenvalue weighted by atomic mass is 32.2. The molecule has 0 atom stereocenters. The molecular weight excluding hydrogens is 454 g/mol. The number of rotatable bonds is 7. The van der Waals surface area contributed by atoms with Crippen molar-refractivity contribution in [1.29, 1.82) is 0 Å². The predicted molar refractivity (Wildman–Crippen MR) is 121 cm³/mol. The van der Waals surface area contributed by atoms with Gasteiger partial charge < -0.3 is 10.1 Å². The number of carbonyl (C=O) groups is 1. The monoisotopic (exact) mass is 481 g/mol. The van der Waals surface area contributed by atoms with Crippen molar-refractivity contribution in [2.24, 2.45) is 0 Å². The fraction of sp³-hybridized carbons (Fsp3) is 0.381. The lowest BCUT2D eigenvalue weighted by atomic mass is 10.1. The molecule has 1 saturated heterocycles. The third-order valence-electron chi connectivity index (χ3n) is 5.39. The number of piperidine rings is 1. The summed E-state index contributed by atoms with van der Waals surface area (Å²) in [7, 11) is -4.84. The predicted octanol–water partition coefficient (Wildman–Crippen LogP) is 2.34. The molecule has 1 aliphatic heterocycles. The summed E-state index contributed by atoms with van der Waals surface area (Å²) in [5.74, 6) is -0.407. The molecule has 1 aliphatic rings. The maximum absolute atomic E-state index is 13.2. The molecule has 9 nitrogen and oxygen atoms in total. The van der Waals surface area contributed by atoms with E-state index in [9.17, 15) is 21.6 Å². The number of ether oxygens (including phenoxy) is 1. The summed E-state index contributed by atoms with van der Waals surface area (Å²) in [6, 6.07) is 8.58. The number of aryl methyl sites for hydroxylation is 1. The van der Waals surface area contributed by atoms with Gasteiger partial charge in [-0.25, -0.2) is 21.6 Å². The minimum atomic E-state index is -3.83. The van der Waals surface area contributed by atoms with E-state index in [0.29, 0.717) is 24.3 Å². The van der Waals surface area contributed by atoms with Crippen LogP contribution < -0.4 is 14.8 Å². The van der Waals surface area contributed by atoms with Gasteiger partial charge in [0.1, 0.15) is 10.6 Å². The van der Waals surface area contributed by atoms with Gasteiger partial charge in [-0.1, -0.05) is 12.5 Å². The van der Waals surface area contributed by atoms with Crippen LogP contribution in [0, 0.1) is 6.92 Å². The SMILES string of the molecule is CNS(=O)(=O)c1ccc(C)c(NC(=O)c2ccc(OC)c(S(=O)(=O)N3CCCCC3)c2)c1. The van der Waals surface area contributed by atoms with Gasteiger partial charge in [-0.3, -0.25) is 4.79 Å². The number of amides is 1. The molecule has 0 radical (unpaired) electrons. The van der Waals surface area contributed by atoms with Gasteiger partial charge in [0.2, 0.25) is 20.0 Å². The molecule has 0 bridgehead atoms. The number of benzene rings is 2. The van der Waals surface area contributed by atoms with E-state index in [4.69, 9.17) is 4.74 Å². The van der Waals surface area contributed by atoms with Gasteiger partial charge >= 0.3 is 0 Å². The van der Waals surface area contributed by atoms with E-state index in [-0.39, 0.29) is 21.1 Å². The zero-order chi connectivity index (χ0) is 23.5. The normalized spacial score (nSPS) is 15.3. The number of nitrogens with one attached hydrogen (secondary N) is 2. The zero-order valence-corrected chi connectivity index (χ0v) is 19.8. The van der Waals surface area contributed by atoms with Crippen LogP contribution >= 0.6 is 0 Å². The standard InChI is InChI=1S/C21H27N3O6S2/c1-15-7-9-17(31(26,27)22-2)14-18(15)23-21(25)16-8-10-19(30-3)20(13-16)32(28,29)24-11-5-4-6-12-24/h7-10,13-14,22H,4-6,11-12H2,1-3H3,(H,23,25). The molecule has 1 fully saturated rings. The summed E-state index contributed by atoms with van der Waals surface area (Å²) in [5.41, 5.74) is 1.08. The molecule has 0 unspecified atom stereocenters. The highest BCUT2D eigenvalue weighted by molar-refractivity contribution is 7.89. The molecular formula is C21H27N3O6S2. The lowest BCUT2D eigenvalue weighted by Gasteiger charge is -2.26. The van der Waals surface area contributed by atoms with E-state index in [2.05, 4.69) is 10.0 Å². The van der Waals surface area contributed by atoms with Crippen LogP contribution in [0.15, 0.2) is 46.2 Å². The lowest BCUT2D eigenvalue weighted by Crippen LogP contribution is -2.35. The second-order valence-electron chi connectivity index (χ2n) is 7.47. The minimum absolute atomic E-state index is 0.00370. The van der Waals surface area contributed by atoms with Crippen LogP contribution in [-0.2, 0) is 20.0 Å². The Labute approximate surface area is 188 Å². The van der Waals surface area contributed by atoms with Gasteiger partial charge in [0.15, 0.2) is 0 Å². The molecule has 2 aromatic rings. The van der Waals surface area contributed by atoms with Crippen molar-refractivity contribution in [3.05, 3.63) is 47.5 Å². The Kier molecular flexibility index (Phi) is 7.23. The topological polar surface area (TPSA) is 122 Å². The van der Waals surface area contributed by atoms with E-state index in [1.807, 2.05) is 0 Å². The van der Waals surface area contributed by atoms with Crippen LogP contribution in [0.2, 0.25) is 0 Å². The van der Waals surface area contributed by atoms with Crippen molar-refractivity contribution in [2.75, 3.05) is 32.6 Å². The Morgan fingerprint density at radius 1 is 1.00 bits per heavy atom. The van der Waals surface area contributed by atoms with Crippen LogP contribution in [0.5, 0.6) is 5.75 Å². The Hall–Kier alpha value is -2.47. The lowest BCUT2D eigenvalue weighted by molar-refractivity contribution is 0.102. The molecule has 32 heavy (non-hydrogen) atoms. The van der Waals surface area contributed by atoms with Crippen LogP contribution in [0.4, 0.5) is 5.69 Å². The molecule has 0 aromatic heterocycles. The van der Waals surface area contributed by atoms with Gasteiger partial charge in [0.25, 0.3) is 5.91 Å². The molecule has 174 valence electrons. The molecule has 0 spiro atoms. The quantitative estimate of drug-likeness (QED) is 0.626. The first-order valence-electron chi connectivity index (χ1n) is 10.1. The fourth-order valence-corrected chi connectivity index (χ4v) is 5.93. The van der Waals surface area contributed by atoms with Crippen LogP contribution in [0.25, 0.3) is 0 Å². The fourth-order valence-electron chi connectivity index (χ4n) is 3.48. The second-order valence-corrected chi connectivity index (χ2v) is 11.3. The summed E-state index contributed by atoms with van der Waals surface area (Å²) in [5, 5.41) is 2.68. The Morgan fingerprint density at radius 3 is 2.31 bits per heavy atom. The van der Waals surface area contributed by atoms with Crippen molar-refractivity contribution in [1.82, 2.24) is 9.03 Å². The van der Waals surface area contributed by atoms with Crippen LogP contribution in [-0.4, -0.2) is 54.3 Å². The first kappa shape index (κ1) is 24.2. The highest BCUT2D eigenvalue weighted by Gasteiger charge is 2.30. The molecule has 2 aromatic carbocycles. The molecule has 3 rings (SSSR count). The van der Waals surface area contributed by atoms with Gasteiger partial charge in [-0.05, 0) is 62.7 Å². The van der Waals surface area contributed by atoms with Gasteiger partial charge in [0.05, 0.1) is 12.0 Å². The number of sulfonamides is 2. The minimum Gasteiger partial charge on any atom is -0.495 e. The van der Waals surface area contributed by atoms with Gasteiger partial charge in [-0.15, -0.1) is 0 Å². The number of hydrogen-bond donors (Lipinski definition) is 2. The van der Waals surface area contributed by atoms with Crippen LogP contribution in [0.1, 0.15) is 35.2 Å². The Bertz CT molecular complexity index is 1220. The molecule has 0 aliphatic carbocycles. The summed E-state index contributed by atoms with van der Waals surface area (Å²) in [4.78, 5) is 12.9. The first-order chi connectivity index (χ1) is 15.1. The van der Waals surface area contributed by atoms with Gasteiger partial charge in [0, 0.05) is 24.3 Å². The zero-order valence-electron chi connectivity index (χ0n) is 18.2. The number of carbonyl (C=O) groups excluding carboxylic acids is 1. The number of methoxy groups -OCH3 is 1. The molecule has 1 heterocycles. The van der Waals surface area contributed by atoms with E-state index in [1.165, 1.54) is 48.8 Å².